The summed E-state index contributed by atoms with van der Waals surface area (Å²) in [6, 6.07) is 10.7. The molecule has 0 spiro atoms. The number of ether oxygens (including phenoxy) is 1. The van der Waals surface area contributed by atoms with E-state index in [9.17, 15) is 14.4 Å². The van der Waals surface area contributed by atoms with Crippen LogP contribution in [0.15, 0.2) is 40.9 Å². The molecule has 0 saturated heterocycles. The Balaban J connectivity index is 1.21. The molecule has 0 bridgehead atoms. The van der Waals surface area contributed by atoms with Crippen molar-refractivity contribution in [3.63, 3.8) is 0 Å². The lowest BCUT2D eigenvalue weighted by molar-refractivity contribution is 0.0994. The number of para-hydroxylation sites is 1. The summed E-state index contributed by atoms with van der Waals surface area (Å²) in [5.41, 5.74) is 12.2. The zero-order chi connectivity index (χ0) is 37.0. The van der Waals surface area contributed by atoms with Gasteiger partial charge in [-0.25, -0.2) is 9.97 Å². The SMILES string of the molecule is CCn1nc(C)c2c1C(=O)Nc1nc3c(Br)cccc3n1CCC[C@H]1COc3cc(C(N)=O)cc4nc(n1c34)NC(=O)c1cc(C)nn1CCCCC2. The van der Waals surface area contributed by atoms with Crippen molar-refractivity contribution in [2.45, 2.75) is 85.0 Å². The number of carbonyl (C=O) groups is 3. The molecule has 6 heterocycles. The quantitative estimate of drug-likeness (QED) is 0.194. The van der Waals surface area contributed by atoms with Gasteiger partial charge in [-0.3, -0.25) is 34.4 Å². The van der Waals surface area contributed by atoms with E-state index in [0.717, 1.165) is 51.7 Å². The van der Waals surface area contributed by atoms with Gasteiger partial charge in [-0.2, -0.15) is 10.2 Å². The highest BCUT2D eigenvalue weighted by Crippen LogP contribution is 2.39. The molecule has 2 aliphatic heterocycles. The number of nitrogens with zero attached hydrogens (tertiary/aromatic N) is 8. The summed E-state index contributed by atoms with van der Waals surface area (Å²) in [7, 11) is 0. The molecule has 1 atom stereocenters. The van der Waals surface area contributed by atoms with E-state index in [1.165, 1.54) is 0 Å². The van der Waals surface area contributed by atoms with E-state index >= 15 is 0 Å². The second-order valence-electron chi connectivity index (χ2n) is 13.7. The van der Waals surface area contributed by atoms with Crippen molar-refractivity contribution < 1.29 is 19.1 Å². The average Bonchev–Trinajstić information content (AvgIpc) is 3.88. The number of imidazole rings is 2. The molecule has 16 heteroatoms. The summed E-state index contributed by atoms with van der Waals surface area (Å²) < 4.78 is 14.6. The first-order valence-corrected chi connectivity index (χ1v) is 18.8. The molecule has 0 aliphatic carbocycles. The van der Waals surface area contributed by atoms with E-state index in [2.05, 4.69) is 31.7 Å². The Kier molecular flexibility index (Phi) is 9.00. The zero-order valence-electron chi connectivity index (χ0n) is 29.8. The van der Waals surface area contributed by atoms with Crippen LogP contribution in [0.4, 0.5) is 11.9 Å². The number of aryl methyl sites for hydroxylation is 5. The molecule has 6 aromatic rings. The fourth-order valence-electron chi connectivity index (χ4n) is 7.65. The first-order chi connectivity index (χ1) is 25.6. The van der Waals surface area contributed by atoms with E-state index in [4.69, 9.17) is 25.5 Å². The number of nitrogens with two attached hydrogens (primary N) is 1. The molecular formula is C37H40BrN11O4. The molecule has 8 rings (SSSR count). The van der Waals surface area contributed by atoms with Crippen LogP contribution >= 0.6 is 15.9 Å². The number of amides is 3. The number of halogens is 1. The third-order valence-electron chi connectivity index (χ3n) is 10.1. The Hall–Kier alpha value is -5.51. The van der Waals surface area contributed by atoms with Gasteiger partial charge in [0.2, 0.25) is 17.8 Å². The largest absolute Gasteiger partial charge is 0.489 e. The molecule has 2 aliphatic rings. The highest BCUT2D eigenvalue weighted by molar-refractivity contribution is 9.10. The maximum absolute atomic E-state index is 14.2. The highest BCUT2D eigenvalue weighted by atomic mass is 79.9. The van der Waals surface area contributed by atoms with E-state index in [-0.39, 0.29) is 30.0 Å². The Labute approximate surface area is 313 Å². The van der Waals surface area contributed by atoms with Crippen molar-refractivity contribution in [3.8, 4) is 5.75 Å². The molecule has 15 nitrogen and oxygen atoms in total. The second-order valence-corrected chi connectivity index (χ2v) is 14.5. The molecule has 0 saturated carbocycles. The van der Waals surface area contributed by atoms with Crippen LogP contribution in [0, 0.1) is 13.8 Å². The summed E-state index contributed by atoms with van der Waals surface area (Å²) in [4.78, 5) is 50.0. The fourth-order valence-corrected chi connectivity index (χ4v) is 8.09. The number of hydrogen-bond acceptors (Lipinski definition) is 8. The van der Waals surface area contributed by atoms with Crippen LogP contribution in [-0.4, -0.2) is 63.0 Å². The van der Waals surface area contributed by atoms with Crippen LogP contribution in [0.2, 0.25) is 0 Å². The molecule has 0 radical (unpaired) electrons. The minimum absolute atomic E-state index is 0.216. The van der Waals surface area contributed by atoms with Gasteiger partial charge in [-0.05, 0) is 99.1 Å². The smallest absolute Gasteiger partial charge is 0.276 e. The standard InChI is InChI=1S/C37H40BrN11O4/c1-4-47-31-24(21(3)45-47)11-6-5-7-15-48-28(16-20(2)44-48)34(51)42-37-40-26-17-22(33(39)50)18-29-32(26)49(37)23(19-53-29)10-9-14-46-27-13-8-12-25(38)30(27)41-36(46)43-35(31)52/h8,12-13,16-18,23H,4-7,9-11,14-15,19H2,1-3H3,(H2,39,50)(H,40,42,51)(H,41,43,52)/t23-/m0/s1. The van der Waals surface area contributed by atoms with E-state index in [0.29, 0.717) is 79.0 Å². The van der Waals surface area contributed by atoms with Gasteiger partial charge in [0.15, 0.2) is 0 Å². The van der Waals surface area contributed by atoms with Gasteiger partial charge < -0.3 is 19.6 Å². The van der Waals surface area contributed by atoms with Gasteiger partial charge in [-0.1, -0.05) is 12.5 Å². The van der Waals surface area contributed by atoms with Gasteiger partial charge in [-0.15, -0.1) is 0 Å². The van der Waals surface area contributed by atoms with E-state index < -0.39 is 5.91 Å². The van der Waals surface area contributed by atoms with Crippen molar-refractivity contribution in [2.75, 3.05) is 17.2 Å². The second kappa shape index (κ2) is 13.8. The summed E-state index contributed by atoms with van der Waals surface area (Å²) in [5.74, 6) is 0.0916. The van der Waals surface area contributed by atoms with Crippen molar-refractivity contribution in [1.82, 2.24) is 38.7 Å². The summed E-state index contributed by atoms with van der Waals surface area (Å²) in [5, 5.41) is 15.6. The topological polar surface area (TPSA) is 182 Å². The Morgan fingerprint density at radius 3 is 2.64 bits per heavy atom. The molecule has 4 N–H and O–H groups in total. The number of carbonyl (C=O) groups excluding carboxylic acids is 3. The number of rotatable bonds is 2. The zero-order valence-corrected chi connectivity index (χ0v) is 31.4. The van der Waals surface area contributed by atoms with Gasteiger partial charge >= 0.3 is 0 Å². The minimum atomic E-state index is -0.597. The van der Waals surface area contributed by atoms with Crippen molar-refractivity contribution >= 4 is 67.6 Å². The Bertz CT molecular complexity index is 2440. The number of benzene rings is 2. The lowest BCUT2D eigenvalue weighted by Crippen LogP contribution is -2.26. The third kappa shape index (κ3) is 6.23. The maximum atomic E-state index is 14.2. The number of aromatic nitrogens is 8. The molecule has 0 unspecified atom stereocenters. The summed E-state index contributed by atoms with van der Waals surface area (Å²) >= 11 is 3.65. The lowest BCUT2D eigenvalue weighted by Gasteiger charge is -2.27. The average molecular weight is 783 g/mol. The predicted molar refractivity (Wildman–Crippen MR) is 203 cm³/mol. The number of nitrogens with one attached hydrogen (secondary N) is 2. The number of fused-ring (bicyclic) bond motifs is 5. The summed E-state index contributed by atoms with van der Waals surface area (Å²) in [6.07, 6.45) is 4.44. The van der Waals surface area contributed by atoms with Gasteiger partial charge in [0.25, 0.3) is 11.8 Å². The highest BCUT2D eigenvalue weighted by Gasteiger charge is 2.30. The third-order valence-corrected chi connectivity index (χ3v) is 10.8. The molecule has 53 heavy (non-hydrogen) atoms. The first-order valence-electron chi connectivity index (χ1n) is 18.0. The molecule has 4 aromatic heterocycles. The van der Waals surface area contributed by atoms with Crippen molar-refractivity contribution in [1.29, 1.82) is 0 Å². The van der Waals surface area contributed by atoms with Crippen LogP contribution in [-0.2, 0) is 26.1 Å². The predicted octanol–water partition coefficient (Wildman–Crippen LogP) is 5.92. The van der Waals surface area contributed by atoms with Gasteiger partial charge in [0.05, 0.1) is 28.5 Å². The van der Waals surface area contributed by atoms with E-state index in [1.807, 2.05) is 48.1 Å². The maximum Gasteiger partial charge on any atom is 0.276 e. The Morgan fingerprint density at radius 2 is 1.83 bits per heavy atom. The van der Waals surface area contributed by atoms with Crippen molar-refractivity contribution in [2.24, 2.45) is 5.73 Å². The van der Waals surface area contributed by atoms with Crippen LogP contribution in [0.1, 0.15) is 93.4 Å². The minimum Gasteiger partial charge on any atom is -0.489 e. The van der Waals surface area contributed by atoms with Crippen LogP contribution in [0.3, 0.4) is 0 Å². The van der Waals surface area contributed by atoms with Crippen molar-refractivity contribution in [3.05, 3.63) is 74.8 Å². The first kappa shape index (κ1) is 34.6. The lowest BCUT2D eigenvalue weighted by atomic mass is 10.0. The van der Waals surface area contributed by atoms with Crippen LogP contribution < -0.4 is 21.1 Å². The van der Waals surface area contributed by atoms with Crippen LogP contribution in [0.5, 0.6) is 5.75 Å². The Morgan fingerprint density at radius 1 is 1.00 bits per heavy atom. The number of hydrogen-bond donors (Lipinski definition) is 3. The number of primary amides is 1. The molecule has 2 aromatic carbocycles. The van der Waals surface area contributed by atoms with E-state index in [1.54, 1.807) is 27.6 Å². The van der Waals surface area contributed by atoms with Gasteiger partial charge in [0.1, 0.15) is 34.8 Å². The monoisotopic (exact) mass is 781 g/mol. The molecule has 3 amide bonds. The molecule has 274 valence electrons. The number of anilines is 2. The normalized spacial score (nSPS) is 16.9. The van der Waals surface area contributed by atoms with Crippen LogP contribution in [0.25, 0.3) is 22.1 Å². The summed E-state index contributed by atoms with van der Waals surface area (Å²) in [6.45, 7) is 7.70. The fraction of sp³-hybridized carbons (Fsp3) is 0.378. The molecular weight excluding hydrogens is 742 g/mol. The molecule has 0 fully saturated rings. The van der Waals surface area contributed by atoms with Gasteiger partial charge in [0, 0.05) is 35.2 Å².